The molecule has 1 heterocycles. The molecule has 2 nitrogen and oxygen atoms in total. The summed E-state index contributed by atoms with van der Waals surface area (Å²) in [5.41, 5.74) is 0.0531. The highest BCUT2D eigenvalue weighted by atomic mass is 19.1. The van der Waals surface area contributed by atoms with Gasteiger partial charge in [-0.15, -0.1) is 0 Å². The lowest BCUT2D eigenvalue weighted by Crippen LogP contribution is -2.35. The molecule has 94 valence electrons. The van der Waals surface area contributed by atoms with Crippen LogP contribution in [0.1, 0.15) is 37.4 Å². The summed E-state index contributed by atoms with van der Waals surface area (Å²) in [4.78, 5) is 0. The summed E-state index contributed by atoms with van der Waals surface area (Å²) in [7, 11) is 0. The van der Waals surface area contributed by atoms with Crippen LogP contribution in [0, 0.1) is 11.6 Å². The zero-order valence-electron chi connectivity index (χ0n) is 9.63. The number of piperidine rings is 1. The Balaban J connectivity index is 2.02. The van der Waals surface area contributed by atoms with Crippen LogP contribution in [0.2, 0.25) is 0 Å². The fourth-order valence-corrected chi connectivity index (χ4v) is 2.29. The molecule has 0 saturated carbocycles. The number of nitrogens with one attached hydrogen (secondary N) is 1. The van der Waals surface area contributed by atoms with Gasteiger partial charge in [0, 0.05) is 11.6 Å². The van der Waals surface area contributed by atoms with Crippen molar-refractivity contribution in [2.45, 2.75) is 37.8 Å². The van der Waals surface area contributed by atoms with Crippen molar-refractivity contribution in [3.63, 3.8) is 0 Å². The number of aliphatic hydroxyl groups excluding tert-OH is 1. The van der Waals surface area contributed by atoms with E-state index in [4.69, 9.17) is 0 Å². The highest BCUT2D eigenvalue weighted by molar-refractivity contribution is 5.21. The topological polar surface area (TPSA) is 32.3 Å². The highest BCUT2D eigenvalue weighted by Gasteiger charge is 2.20. The summed E-state index contributed by atoms with van der Waals surface area (Å²) in [6, 6.07) is 3.39. The van der Waals surface area contributed by atoms with Gasteiger partial charge in [0.05, 0.1) is 6.10 Å². The molecule has 4 heteroatoms. The number of hydrogen-bond acceptors (Lipinski definition) is 2. The quantitative estimate of drug-likeness (QED) is 0.852. The van der Waals surface area contributed by atoms with Crippen LogP contribution in [0.5, 0.6) is 0 Å². The molecular weight excluding hydrogens is 224 g/mol. The highest BCUT2D eigenvalue weighted by Crippen LogP contribution is 2.24. The van der Waals surface area contributed by atoms with E-state index in [9.17, 15) is 13.9 Å². The van der Waals surface area contributed by atoms with Crippen LogP contribution in [0.25, 0.3) is 0 Å². The third-order valence-corrected chi connectivity index (χ3v) is 3.24. The van der Waals surface area contributed by atoms with Crippen LogP contribution in [0.15, 0.2) is 18.2 Å². The van der Waals surface area contributed by atoms with Crippen molar-refractivity contribution in [3.05, 3.63) is 35.4 Å². The smallest absolute Gasteiger partial charge is 0.129 e. The largest absolute Gasteiger partial charge is 0.388 e. The van der Waals surface area contributed by atoms with Crippen molar-refractivity contribution >= 4 is 0 Å². The van der Waals surface area contributed by atoms with E-state index in [2.05, 4.69) is 5.32 Å². The van der Waals surface area contributed by atoms with Crippen LogP contribution >= 0.6 is 0 Å². The Morgan fingerprint density at radius 3 is 2.88 bits per heavy atom. The van der Waals surface area contributed by atoms with Gasteiger partial charge in [-0.2, -0.15) is 0 Å². The van der Waals surface area contributed by atoms with Gasteiger partial charge in [-0.25, -0.2) is 8.78 Å². The van der Waals surface area contributed by atoms with Crippen LogP contribution in [-0.2, 0) is 0 Å². The molecule has 2 rings (SSSR count). The molecule has 2 N–H and O–H groups in total. The van der Waals surface area contributed by atoms with E-state index in [-0.39, 0.29) is 11.6 Å². The Kier molecular flexibility index (Phi) is 4.07. The summed E-state index contributed by atoms with van der Waals surface area (Å²) >= 11 is 0. The number of aliphatic hydroxyl groups is 1. The van der Waals surface area contributed by atoms with Crippen LogP contribution in [-0.4, -0.2) is 17.7 Å². The number of halogens is 2. The Morgan fingerprint density at radius 1 is 1.35 bits per heavy atom. The normalized spacial score (nSPS) is 22.4. The zero-order chi connectivity index (χ0) is 12.3. The molecule has 17 heavy (non-hydrogen) atoms. The van der Waals surface area contributed by atoms with Crippen molar-refractivity contribution in [3.8, 4) is 0 Å². The van der Waals surface area contributed by atoms with E-state index in [1.165, 1.54) is 0 Å². The Morgan fingerprint density at radius 2 is 2.18 bits per heavy atom. The molecule has 1 aromatic rings. The monoisotopic (exact) mass is 241 g/mol. The second kappa shape index (κ2) is 5.56. The molecule has 0 radical (unpaired) electrons. The molecule has 1 aromatic carbocycles. The molecular formula is C13H17F2NO. The molecule has 2 atom stereocenters. The Labute approximate surface area is 99.7 Å². The minimum atomic E-state index is -0.943. The summed E-state index contributed by atoms with van der Waals surface area (Å²) < 4.78 is 26.4. The van der Waals surface area contributed by atoms with Gasteiger partial charge < -0.3 is 10.4 Å². The second-order valence-electron chi connectivity index (χ2n) is 4.56. The van der Waals surface area contributed by atoms with Gasteiger partial charge >= 0.3 is 0 Å². The number of benzene rings is 1. The van der Waals surface area contributed by atoms with Crippen molar-refractivity contribution in [2.75, 3.05) is 6.54 Å². The van der Waals surface area contributed by atoms with Crippen molar-refractivity contribution in [1.29, 1.82) is 0 Å². The first-order valence-corrected chi connectivity index (χ1v) is 6.03. The predicted molar refractivity (Wildman–Crippen MR) is 61.6 cm³/mol. The Hall–Kier alpha value is -1.00. The molecule has 0 aliphatic carbocycles. The van der Waals surface area contributed by atoms with Crippen molar-refractivity contribution in [1.82, 2.24) is 5.32 Å². The SMILES string of the molecule is OC(CC1CCCCN1)c1cc(F)ccc1F. The van der Waals surface area contributed by atoms with Crippen molar-refractivity contribution in [2.24, 2.45) is 0 Å². The minimum Gasteiger partial charge on any atom is -0.388 e. The van der Waals surface area contributed by atoms with Crippen LogP contribution in [0.4, 0.5) is 8.78 Å². The summed E-state index contributed by atoms with van der Waals surface area (Å²) in [6.07, 6.45) is 2.73. The van der Waals surface area contributed by atoms with Crippen molar-refractivity contribution < 1.29 is 13.9 Å². The average Bonchev–Trinajstić information content (AvgIpc) is 2.33. The minimum absolute atomic E-state index is 0.0531. The lowest BCUT2D eigenvalue weighted by molar-refractivity contribution is 0.140. The molecule has 0 bridgehead atoms. The van der Waals surface area contributed by atoms with E-state index in [1.807, 2.05) is 0 Å². The number of rotatable bonds is 3. The molecule has 0 spiro atoms. The Bertz CT molecular complexity index is 378. The van der Waals surface area contributed by atoms with E-state index >= 15 is 0 Å². The van der Waals surface area contributed by atoms with Gasteiger partial charge in [-0.05, 0) is 44.0 Å². The first-order chi connectivity index (χ1) is 8.16. The fraction of sp³-hybridized carbons (Fsp3) is 0.538. The van der Waals surface area contributed by atoms with Gasteiger partial charge in [-0.1, -0.05) is 6.42 Å². The first-order valence-electron chi connectivity index (χ1n) is 6.03. The number of hydrogen-bond donors (Lipinski definition) is 2. The van der Waals surface area contributed by atoms with E-state index < -0.39 is 17.7 Å². The lowest BCUT2D eigenvalue weighted by atomic mass is 9.95. The van der Waals surface area contributed by atoms with Gasteiger partial charge in [-0.3, -0.25) is 0 Å². The summed E-state index contributed by atoms with van der Waals surface area (Å²) in [5, 5.41) is 13.2. The van der Waals surface area contributed by atoms with E-state index in [1.54, 1.807) is 0 Å². The first kappa shape index (κ1) is 12.5. The molecule has 0 amide bonds. The van der Waals surface area contributed by atoms with Gasteiger partial charge in [0.15, 0.2) is 0 Å². The molecule has 2 unspecified atom stereocenters. The zero-order valence-corrected chi connectivity index (χ0v) is 9.63. The standard InChI is InChI=1S/C13H17F2NO/c14-9-4-5-12(15)11(7-9)13(17)8-10-3-1-2-6-16-10/h4-5,7,10,13,16-17H,1-3,6,8H2. The van der Waals surface area contributed by atoms with E-state index in [0.29, 0.717) is 6.42 Å². The molecule has 1 aliphatic rings. The van der Waals surface area contributed by atoms with Gasteiger partial charge in [0.2, 0.25) is 0 Å². The maximum Gasteiger partial charge on any atom is 0.129 e. The molecule has 0 aromatic heterocycles. The summed E-state index contributed by atoms with van der Waals surface area (Å²) in [6.45, 7) is 0.934. The molecule has 1 saturated heterocycles. The summed E-state index contributed by atoms with van der Waals surface area (Å²) in [5.74, 6) is -1.06. The van der Waals surface area contributed by atoms with Gasteiger partial charge in [0.25, 0.3) is 0 Å². The van der Waals surface area contributed by atoms with Crippen LogP contribution < -0.4 is 5.32 Å². The third-order valence-electron chi connectivity index (χ3n) is 3.24. The molecule has 1 fully saturated rings. The average molecular weight is 241 g/mol. The molecule has 1 aliphatic heterocycles. The van der Waals surface area contributed by atoms with Gasteiger partial charge in [0.1, 0.15) is 11.6 Å². The maximum absolute atomic E-state index is 13.4. The third kappa shape index (κ3) is 3.23. The van der Waals surface area contributed by atoms with E-state index in [0.717, 1.165) is 44.0 Å². The second-order valence-corrected chi connectivity index (χ2v) is 4.56. The fourth-order valence-electron chi connectivity index (χ4n) is 2.29. The van der Waals surface area contributed by atoms with Crippen LogP contribution in [0.3, 0.4) is 0 Å². The lowest BCUT2D eigenvalue weighted by Gasteiger charge is -2.25. The maximum atomic E-state index is 13.4. The predicted octanol–water partition coefficient (Wildman–Crippen LogP) is 2.53.